The molecule has 0 radical (unpaired) electrons. The second-order valence-corrected chi connectivity index (χ2v) is 8.85. The minimum absolute atomic E-state index is 0.196. The van der Waals surface area contributed by atoms with Gasteiger partial charge in [-0.1, -0.05) is 19.1 Å². The second kappa shape index (κ2) is 8.21. The van der Waals surface area contributed by atoms with E-state index in [1.807, 2.05) is 9.69 Å². The smallest absolute Gasteiger partial charge is 0.348 e. The van der Waals surface area contributed by atoms with Crippen LogP contribution in [0.15, 0.2) is 18.2 Å². The number of rotatable bonds is 4. The lowest BCUT2D eigenvalue weighted by molar-refractivity contribution is 0.0205. The largest absolute Gasteiger partial charge is 0.379 e. The van der Waals surface area contributed by atoms with Gasteiger partial charge in [0.1, 0.15) is 0 Å². The van der Waals surface area contributed by atoms with Crippen LogP contribution in [0, 0.1) is 6.92 Å². The number of carbonyl (C=O) groups is 1. The third-order valence-electron chi connectivity index (χ3n) is 7.09. The van der Waals surface area contributed by atoms with Gasteiger partial charge >= 0.3 is 6.03 Å². The summed E-state index contributed by atoms with van der Waals surface area (Å²) in [5.74, 6) is 0.596. The van der Waals surface area contributed by atoms with Crippen LogP contribution in [0.2, 0.25) is 0 Å². The van der Waals surface area contributed by atoms with E-state index in [9.17, 15) is 4.79 Å². The van der Waals surface area contributed by atoms with E-state index in [0.29, 0.717) is 38.3 Å². The van der Waals surface area contributed by atoms with Gasteiger partial charge in [0.2, 0.25) is 0 Å². The summed E-state index contributed by atoms with van der Waals surface area (Å²) < 4.78 is 7.36. The van der Waals surface area contributed by atoms with E-state index in [1.165, 1.54) is 48.9 Å². The minimum atomic E-state index is -0.196. The zero-order valence-electron chi connectivity index (χ0n) is 18.1. The van der Waals surface area contributed by atoms with Crippen molar-refractivity contribution in [3.63, 3.8) is 0 Å². The van der Waals surface area contributed by atoms with Gasteiger partial charge in [-0.2, -0.15) is 0 Å². The van der Waals surface area contributed by atoms with E-state index < -0.39 is 0 Å². The molecule has 1 aromatic carbocycles. The average Bonchev–Trinajstić information content (AvgIpc) is 3.02. The molecule has 2 N–H and O–H groups in total. The highest BCUT2D eigenvalue weighted by Gasteiger charge is 2.38. The summed E-state index contributed by atoms with van der Waals surface area (Å²) in [4.78, 5) is 15.4. The van der Waals surface area contributed by atoms with Gasteiger partial charge < -0.3 is 4.74 Å². The van der Waals surface area contributed by atoms with Gasteiger partial charge in [0.15, 0.2) is 0 Å². The number of piperidine rings is 1. The standard InChI is InChI=1S/C23H33N5O2/c1-3-9-26-10-5-7-17-18-6-4-8-20-22(18)19(15-21(17)26)16(2)28(20)25-23(29)24-27-11-13-30-14-12-27/h4,6,8,17,21H,3,5,7,9-15H2,1-2H3,(H2,24,25,29)/t17-,21-/m1/s1. The molecule has 2 saturated heterocycles. The van der Waals surface area contributed by atoms with Crippen LogP contribution in [0.4, 0.5) is 4.79 Å². The molecule has 0 spiro atoms. The maximum absolute atomic E-state index is 12.7. The highest BCUT2D eigenvalue weighted by atomic mass is 16.5. The lowest BCUT2D eigenvalue weighted by Crippen LogP contribution is -2.51. The number of nitrogens with one attached hydrogen (secondary N) is 2. The summed E-state index contributed by atoms with van der Waals surface area (Å²) in [6, 6.07) is 6.99. The van der Waals surface area contributed by atoms with Gasteiger partial charge in [0.25, 0.3) is 0 Å². The molecule has 2 fully saturated rings. The highest BCUT2D eigenvalue weighted by molar-refractivity contribution is 5.93. The Kier molecular flexibility index (Phi) is 5.43. The maximum Gasteiger partial charge on any atom is 0.348 e. The Hall–Kier alpha value is -2.09. The average molecular weight is 412 g/mol. The molecule has 1 aliphatic carbocycles. The molecule has 0 unspecified atom stereocenters. The molecule has 30 heavy (non-hydrogen) atoms. The van der Waals surface area contributed by atoms with Crippen molar-refractivity contribution < 1.29 is 9.53 Å². The Labute approximate surface area is 178 Å². The molecule has 3 aliphatic rings. The fraction of sp³-hybridized carbons (Fsp3) is 0.609. The normalized spacial score (nSPS) is 24.6. The van der Waals surface area contributed by atoms with Crippen molar-refractivity contribution in [3.05, 3.63) is 35.0 Å². The zero-order valence-corrected chi connectivity index (χ0v) is 18.1. The van der Waals surface area contributed by atoms with Gasteiger partial charge in [-0.3, -0.25) is 15.0 Å². The summed E-state index contributed by atoms with van der Waals surface area (Å²) in [7, 11) is 0. The summed E-state index contributed by atoms with van der Waals surface area (Å²) in [6.45, 7) is 9.52. The Balaban J connectivity index is 1.46. The molecule has 2 amide bonds. The van der Waals surface area contributed by atoms with E-state index in [2.05, 4.69) is 47.8 Å². The first-order valence-electron chi connectivity index (χ1n) is 11.4. The van der Waals surface area contributed by atoms with Crippen LogP contribution in [0.3, 0.4) is 0 Å². The molecular weight excluding hydrogens is 378 g/mol. The summed E-state index contributed by atoms with van der Waals surface area (Å²) in [5, 5.41) is 3.28. The number of fused-ring (bicyclic) bond motifs is 2. The van der Waals surface area contributed by atoms with Crippen molar-refractivity contribution in [3.8, 4) is 0 Å². The molecule has 2 aromatic rings. The molecule has 7 heteroatoms. The molecule has 1 aromatic heterocycles. The zero-order chi connectivity index (χ0) is 20.7. The molecular formula is C23H33N5O2. The van der Waals surface area contributed by atoms with Crippen molar-refractivity contribution in [2.75, 3.05) is 44.8 Å². The number of morpholine rings is 1. The molecule has 2 atom stereocenters. The van der Waals surface area contributed by atoms with Crippen LogP contribution < -0.4 is 10.9 Å². The third-order valence-corrected chi connectivity index (χ3v) is 7.09. The summed E-state index contributed by atoms with van der Waals surface area (Å²) in [5.41, 5.74) is 11.2. The SMILES string of the molecule is CCCN1CCC[C@@H]2c3cccc4c3c(c(C)n4NC(=O)NN3CCOCC3)C[C@H]21. The van der Waals surface area contributed by atoms with Gasteiger partial charge in [-0.25, -0.2) is 15.2 Å². The summed E-state index contributed by atoms with van der Waals surface area (Å²) >= 11 is 0. The monoisotopic (exact) mass is 411 g/mol. The number of aromatic nitrogens is 1. The van der Waals surface area contributed by atoms with Crippen LogP contribution in [-0.4, -0.2) is 66.1 Å². The predicted octanol–water partition coefficient (Wildman–Crippen LogP) is 2.96. The van der Waals surface area contributed by atoms with E-state index in [4.69, 9.17) is 4.74 Å². The van der Waals surface area contributed by atoms with Gasteiger partial charge in [0.05, 0.1) is 18.7 Å². The molecule has 7 nitrogen and oxygen atoms in total. The fourth-order valence-electron chi connectivity index (χ4n) is 5.75. The second-order valence-electron chi connectivity index (χ2n) is 8.85. The van der Waals surface area contributed by atoms with Gasteiger partial charge in [-0.05, 0) is 62.9 Å². The van der Waals surface area contributed by atoms with E-state index in [-0.39, 0.29) is 6.03 Å². The number of likely N-dealkylation sites (tertiary alicyclic amines) is 1. The number of hydrazine groups is 1. The van der Waals surface area contributed by atoms with Crippen molar-refractivity contribution in [1.29, 1.82) is 0 Å². The minimum Gasteiger partial charge on any atom is -0.379 e. The van der Waals surface area contributed by atoms with Crippen LogP contribution in [0.1, 0.15) is 48.9 Å². The van der Waals surface area contributed by atoms with Crippen molar-refractivity contribution >= 4 is 16.9 Å². The van der Waals surface area contributed by atoms with Crippen LogP contribution >= 0.6 is 0 Å². The topological polar surface area (TPSA) is 61.8 Å². The Morgan fingerprint density at radius 2 is 2.03 bits per heavy atom. The number of carbonyl (C=O) groups excluding carboxylic acids is 1. The molecule has 0 bridgehead atoms. The Morgan fingerprint density at radius 3 is 2.83 bits per heavy atom. The lowest BCUT2D eigenvalue weighted by atomic mass is 9.74. The van der Waals surface area contributed by atoms with Crippen LogP contribution in [0.5, 0.6) is 0 Å². The highest BCUT2D eigenvalue weighted by Crippen LogP contribution is 2.45. The Morgan fingerprint density at radius 1 is 1.20 bits per heavy atom. The fourth-order valence-corrected chi connectivity index (χ4v) is 5.75. The number of hydrogen-bond donors (Lipinski definition) is 2. The first-order chi connectivity index (χ1) is 14.7. The number of benzene rings is 1. The van der Waals surface area contributed by atoms with Gasteiger partial charge in [0, 0.05) is 36.1 Å². The number of nitrogens with zero attached hydrogens (tertiary/aromatic N) is 3. The van der Waals surface area contributed by atoms with E-state index in [1.54, 1.807) is 0 Å². The van der Waals surface area contributed by atoms with Crippen molar-refractivity contribution in [2.24, 2.45) is 0 Å². The van der Waals surface area contributed by atoms with Crippen LogP contribution in [0.25, 0.3) is 10.9 Å². The van der Waals surface area contributed by atoms with Crippen molar-refractivity contribution in [2.45, 2.75) is 51.5 Å². The third kappa shape index (κ3) is 3.39. The first-order valence-corrected chi connectivity index (χ1v) is 11.4. The molecule has 0 saturated carbocycles. The summed E-state index contributed by atoms with van der Waals surface area (Å²) in [6.07, 6.45) is 4.80. The number of ether oxygens (including phenoxy) is 1. The molecule has 5 rings (SSSR count). The quantitative estimate of drug-likeness (QED) is 0.812. The van der Waals surface area contributed by atoms with E-state index in [0.717, 1.165) is 17.6 Å². The molecule has 2 aliphatic heterocycles. The van der Waals surface area contributed by atoms with Gasteiger partial charge in [-0.15, -0.1) is 0 Å². The first kappa shape index (κ1) is 19.8. The van der Waals surface area contributed by atoms with Crippen LogP contribution in [-0.2, 0) is 11.2 Å². The van der Waals surface area contributed by atoms with E-state index >= 15 is 0 Å². The Bertz CT molecular complexity index is 931. The maximum atomic E-state index is 12.7. The number of hydrogen-bond acceptors (Lipinski definition) is 4. The predicted molar refractivity (Wildman–Crippen MR) is 118 cm³/mol. The molecule has 3 heterocycles. The molecule has 162 valence electrons. The lowest BCUT2D eigenvalue weighted by Gasteiger charge is -2.44. The number of urea groups is 1. The number of amides is 2. The van der Waals surface area contributed by atoms with Crippen molar-refractivity contribution in [1.82, 2.24) is 20.0 Å².